The van der Waals surface area contributed by atoms with Crippen molar-refractivity contribution in [1.29, 1.82) is 0 Å². The number of amides is 1. The summed E-state index contributed by atoms with van der Waals surface area (Å²) in [7, 11) is 1.66. The summed E-state index contributed by atoms with van der Waals surface area (Å²) in [6.07, 6.45) is 4.62. The van der Waals surface area contributed by atoms with E-state index in [0.717, 1.165) is 17.7 Å². The molecule has 1 saturated heterocycles. The third-order valence-corrected chi connectivity index (χ3v) is 4.12. The van der Waals surface area contributed by atoms with Gasteiger partial charge in [-0.1, -0.05) is 38.3 Å². The fourth-order valence-corrected chi connectivity index (χ4v) is 2.94. The van der Waals surface area contributed by atoms with Crippen LogP contribution in [-0.4, -0.2) is 30.5 Å². The number of benzene rings is 1. The highest BCUT2D eigenvalue weighted by Gasteiger charge is 2.34. The van der Waals surface area contributed by atoms with Crippen LogP contribution in [0, 0.1) is 0 Å². The van der Waals surface area contributed by atoms with Crippen molar-refractivity contribution in [1.82, 2.24) is 10.2 Å². The van der Waals surface area contributed by atoms with Gasteiger partial charge in [0.2, 0.25) is 5.91 Å². The molecule has 4 heteroatoms. The number of unbranched alkanes of at least 4 members (excludes halogenated alkanes) is 2. The molecule has 2 rings (SSSR count). The van der Waals surface area contributed by atoms with Crippen LogP contribution in [0.2, 0.25) is 0 Å². The molecule has 2 atom stereocenters. The van der Waals surface area contributed by atoms with Crippen molar-refractivity contribution >= 4 is 5.91 Å². The molecule has 1 aromatic rings. The van der Waals surface area contributed by atoms with E-state index in [1.165, 1.54) is 19.3 Å². The summed E-state index contributed by atoms with van der Waals surface area (Å²) in [5, 5.41) is 3.32. The minimum Gasteiger partial charge on any atom is -0.497 e. The van der Waals surface area contributed by atoms with Crippen LogP contribution in [-0.2, 0) is 4.79 Å². The summed E-state index contributed by atoms with van der Waals surface area (Å²) in [5.41, 5.74) is 1.09. The topological polar surface area (TPSA) is 41.6 Å². The first-order valence-corrected chi connectivity index (χ1v) is 7.86. The first kappa shape index (κ1) is 15.8. The van der Waals surface area contributed by atoms with Gasteiger partial charge in [0.25, 0.3) is 0 Å². The Labute approximate surface area is 127 Å². The van der Waals surface area contributed by atoms with E-state index in [-0.39, 0.29) is 18.1 Å². The molecular weight excluding hydrogens is 264 g/mol. The summed E-state index contributed by atoms with van der Waals surface area (Å²) in [4.78, 5) is 14.2. The molecule has 0 saturated carbocycles. The van der Waals surface area contributed by atoms with E-state index in [0.29, 0.717) is 6.54 Å². The van der Waals surface area contributed by atoms with E-state index in [1.54, 1.807) is 7.11 Å². The van der Waals surface area contributed by atoms with E-state index in [1.807, 2.05) is 29.2 Å². The Hall–Kier alpha value is -1.55. The quantitative estimate of drug-likeness (QED) is 0.785. The molecule has 1 amide bonds. The Kier molecular flexibility index (Phi) is 5.62. The number of nitrogens with one attached hydrogen (secondary N) is 1. The fraction of sp³-hybridized carbons (Fsp3) is 0.588. The van der Waals surface area contributed by atoms with Crippen LogP contribution in [0.4, 0.5) is 0 Å². The summed E-state index contributed by atoms with van der Waals surface area (Å²) in [6.45, 7) is 4.76. The third kappa shape index (κ3) is 3.76. The molecule has 0 radical (unpaired) electrons. The van der Waals surface area contributed by atoms with Gasteiger partial charge >= 0.3 is 0 Å². The molecule has 0 aliphatic carbocycles. The molecule has 1 fully saturated rings. The van der Waals surface area contributed by atoms with Gasteiger partial charge in [-0.25, -0.2) is 0 Å². The van der Waals surface area contributed by atoms with Crippen LogP contribution in [0.15, 0.2) is 24.3 Å². The van der Waals surface area contributed by atoms with Crippen molar-refractivity contribution in [2.45, 2.75) is 51.7 Å². The van der Waals surface area contributed by atoms with Crippen molar-refractivity contribution in [3.8, 4) is 5.75 Å². The van der Waals surface area contributed by atoms with Crippen LogP contribution in [0.5, 0.6) is 5.75 Å². The molecule has 1 heterocycles. The van der Waals surface area contributed by atoms with Gasteiger partial charge in [-0.2, -0.15) is 0 Å². The number of rotatable bonds is 7. The Morgan fingerprint density at radius 3 is 2.95 bits per heavy atom. The maximum atomic E-state index is 12.2. The smallest absolute Gasteiger partial charge is 0.238 e. The van der Waals surface area contributed by atoms with E-state index in [2.05, 4.69) is 19.2 Å². The highest BCUT2D eigenvalue weighted by atomic mass is 16.5. The number of methoxy groups -OCH3 is 1. The normalized spacial score (nSPS) is 19.9. The van der Waals surface area contributed by atoms with E-state index in [9.17, 15) is 4.79 Å². The molecule has 1 aliphatic heterocycles. The van der Waals surface area contributed by atoms with Crippen LogP contribution in [0.1, 0.15) is 51.3 Å². The van der Waals surface area contributed by atoms with Crippen LogP contribution in [0.25, 0.3) is 0 Å². The molecule has 21 heavy (non-hydrogen) atoms. The predicted octanol–water partition coefficient (Wildman–Crippen LogP) is 3.09. The Morgan fingerprint density at radius 2 is 2.24 bits per heavy atom. The van der Waals surface area contributed by atoms with E-state index < -0.39 is 0 Å². The molecule has 1 aromatic carbocycles. The summed E-state index contributed by atoms with van der Waals surface area (Å²) in [6, 6.07) is 8.20. The summed E-state index contributed by atoms with van der Waals surface area (Å²) < 4.78 is 5.29. The Balaban J connectivity index is 2.11. The second-order valence-corrected chi connectivity index (χ2v) is 5.71. The van der Waals surface area contributed by atoms with Gasteiger partial charge in [0, 0.05) is 6.04 Å². The average molecular weight is 290 g/mol. The van der Waals surface area contributed by atoms with Crippen molar-refractivity contribution in [2.24, 2.45) is 0 Å². The number of hydrogen-bond donors (Lipinski definition) is 1. The molecular formula is C17H26N2O2. The summed E-state index contributed by atoms with van der Waals surface area (Å²) >= 11 is 0. The van der Waals surface area contributed by atoms with Gasteiger partial charge in [0.05, 0.1) is 13.7 Å². The van der Waals surface area contributed by atoms with Gasteiger partial charge in [0.1, 0.15) is 11.9 Å². The van der Waals surface area contributed by atoms with Gasteiger partial charge in [0.15, 0.2) is 0 Å². The number of ether oxygens (including phenoxy) is 1. The monoisotopic (exact) mass is 290 g/mol. The summed E-state index contributed by atoms with van der Waals surface area (Å²) in [5.74, 6) is 1.01. The molecule has 1 N–H and O–H groups in total. The fourth-order valence-electron chi connectivity index (χ4n) is 2.94. The third-order valence-electron chi connectivity index (χ3n) is 4.12. The van der Waals surface area contributed by atoms with Crippen molar-refractivity contribution in [3.63, 3.8) is 0 Å². The maximum Gasteiger partial charge on any atom is 0.238 e. The van der Waals surface area contributed by atoms with Crippen molar-refractivity contribution in [3.05, 3.63) is 29.8 Å². The van der Waals surface area contributed by atoms with Gasteiger partial charge in [-0.3, -0.25) is 10.1 Å². The molecule has 2 unspecified atom stereocenters. The van der Waals surface area contributed by atoms with Gasteiger partial charge in [-0.15, -0.1) is 0 Å². The Bertz CT molecular complexity index is 476. The highest BCUT2D eigenvalue weighted by Crippen LogP contribution is 2.28. The zero-order valence-electron chi connectivity index (χ0n) is 13.3. The van der Waals surface area contributed by atoms with E-state index in [4.69, 9.17) is 4.74 Å². The zero-order chi connectivity index (χ0) is 15.2. The lowest BCUT2D eigenvalue weighted by Gasteiger charge is -2.31. The second-order valence-electron chi connectivity index (χ2n) is 5.71. The average Bonchev–Trinajstić information content (AvgIpc) is 2.89. The molecule has 116 valence electrons. The Morgan fingerprint density at radius 1 is 1.43 bits per heavy atom. The molecule has 0 spiro atoms. The standard InChI is InChI=1S/C17H26N2O2/c1-4-5-6-8-13(2)19-16(20)12-18-17(19)14-9-7-10-15(11-14)21-3/h7,9-11,13,17-18H,4-6,8,12H2,1-3H3. The lowest BCUT2D eigenvalue weighted by Crippen LogP contribution is -2.37. The molecule has 1 aliphatic rings. The lowest BCUT2D eigenvalue weighted by molar-refractivity contribution is -0.130. The minimum atomic E-state index is -0.0378. The largest absolute Gasteiger partial charge is 0.497 e. The number of carbonyl (C=O) groups is 1. The molecule has 0 bridgehead atoms. The number of nitrogens with zero attached hydrogens (tertiary/aromatic N) is 1. The first-order valence-electron chi connectivity index (χ1n) is 7.86. The highest BCUT2D eigenvalue weighted by molar-refractivity contribution is 5.81. The minimum absolute atomic E-state index is 0.0378. The van der Waals surface area contributed by atoms with Crippen LogP contribution >= 0.6 is 0 Å². The van der Waals surface area contributed by atoms with Gasteiger partial charge < -0.3 is 9.64 Å². The number of hydrogen-bond acceptors (Lipinski definition) is 3. The second kappa shape index (κ2) is 7.46. The van der Waals surface area contributed by atoms with Crippen LogP contribution < -0.4 is 10.1 Å². The predicted molar refractivity (Wildman–Crippen MR) is 84.2 cm³/mol. The zero-order valence-corrected chi connectivity index (χ0v) is 13.3. The van der Waals surface area contributed by atoms with Crippen molar-refractivity contribution in [2.75, 3.05) is 13.7 Å². The first-order chi connectivity index (χ1) is 10.2. The SMILES string of the molecule is CCCCCC(C)N1C(=O)CNC1c1cccc(OC)c1. The van der Waals surface area contributed by atoms with Crippen molar-refractivity contribution < 1.29 is 9.53 Å². The maximum absolute atomic E-state index is 12.2. The molecule has 0 aromatic heterocycles. The van der Waals surface area contributed by atoms with Gasteiger partial charge in [-0.05, 0) is 31.0 Å². The number of carbonyl (C=O) groups excluding carboxylic acids is 1. The van der Waals surface area contributed by atoms with E-state index >= 15 is 0 Å². The van der Waals surface area contributed by atoms with Crippen LogP contribution in [0.3, 0.4) is 0 Å². The lowest BCUT2D eigenvalue weighted by atomic mass is 10.1. The molecule has 4 nitrogen and oxygen atoms in total.